The number of terminal acetylenes is 1. The molecule has 12 heteroatoms. The molecule has 1 aromatic heterocycles. The third-order valence-corrected chi connectivity index (χ3v) is 11.1. The van der Waals surface area contributed by atoms with Gasteiger partial charge in [0.15, 0.2) is 5.82 Å². The number of fused-ring (bicyclic) bond motifs is 4. The van der Waals surface area contributed by atoms with Gasteiger partial charge in [0.2, 0.25) is 0 Å². The molecule has 4 heterocycles. The standard InChI is InChI=1S/C39H40F3N5O4/c1-3-27-30(40)8-5-23-15-26(48)16-28(32(23)27)33-31(41)17-29-35(34(33)42)44-38(45-36(29)47-18-24-6-7-25(19-47)43-24)51-21-39(11-12-39)20-46-13-9-22(10-14-46)37(49)50-4-2/h1,5,8,15-17,22,24-25,43,48H,4,6-7,9-14,18-21H2,2H3. The Kier molecular flexibility index (Phi) is 8.67. The number of nitrogens with zero attached hydrogens (tertiary/aromatic N) is 4. The van der Waals surface area contributed by atoms with Gasteiger partial charge in [0, 0.05) is 53.5 Å². The highest BCUT2D eigenvalue weighted by molar-refractivity contribution is 6.04. The summed E-state index contributed by atoms with van der Waals surface area (Å²) in [6, 6.07) is 6.79. The Morgan fingerprint density at radius 2 is 1.80 bits per heavy atom. The van der Waals surface area contributed by atoms with E-state index in [9.17, 15) is 14.3 Å². The monoisotopic (exact) mass is 699 g/mol. The molecule has 2 N–H and O–H groups in total. The van der Waals surface area contributed by atoms with Gasteiger partial charge in [-0.3, -0.25) is 4.79 Å². The topological polar surface area (TPSA) is 100 Å². The van der Waals surface area contributed by atoms with Crippen LogP contribution in [0.1, 0.15) is 51.0 Å². The number of nitrogens with one attached hydrogen (secondary N) is 1. The molecule has 4 aromatic rings. The lowest BCUT2D eigenvalue weighted by Gasteiger charge is -2.34. The van der Waals surface area contributed by atoms with E-state index in [-0.39, 0.29) is 68.6 Å². The first-order chi connectivity index (χ1) is 24.6. The molecular weight excluding hydrogens is 659 g/mol. The van der Waals surface area contributed by atoms with E-state index in [1.165, 1.54) is 24.3 Å². The number of rotatable bonds is 9. The fraction of sp³-hybridized carbons (Fsp3) is 0.462. The van der Waals surface area contributed by atoms with E-state index in [2.05, 4.69) is 21.1 Å². The number of carbonyl (C=O) groups excluding carboxylic acids is 1. The van der Waals surface area contributed by atoms with Crippen molar-refractivity contribution in [3.63, 3.8) is 0 Å². The van der Waals surface area contributed by atoms with Gasteiger partial charge in [-0.05, 0) is 88.2 Å². The molecule has 0 spiro atoms. The molecule has 9 nitrogen and oxygen atoms in total. The van der Waals surface area contributed by atoms with Crippen molar-refractivity contribution in [3.8, 4) is 35.2 Å². The number of piperazine rings is 1. The SMILES string of the molecule is C#Cc1c(F)ccc2cc(O)cc(-c3c(F)cc4c(N5CC6CCC(C5)N6)nc(OCC5(CN6CCC(C(=O)OCC)CC6)CC5)nc4c3F)c12. The second-order valence-electron chi connectivity index (χ2n) is 14.6. The number of ether oxygens (including phenoxy) is 2. The van der Waals surface area contributed by atoms with Crippen LogP contribution in [0.4, 0.5) is 19.0 Å². The minimum atomic E-state index is -0.985. The minimum Gasteiger partial charge on any atom is -0.508 e. The highest BCUT2D eigenvalue weighted by Crippen LogP contribution is 2.47. The quantitative estimate of drug-likeness (QED) is 0.163. The molecule has 3 aromatic carbocycles. The van der Waals surface area contributed by atoms with Crippen molar-refractivity contribution in [3.05, 3.63) is 53.3 Å². The minimum absolute atomic E-state index is 0.0109. The summed E-state index contributed by atoms with van der Waals surface area (Å²) < 4.78 is 59.7. The van der Waals surface area contributed by atoms with Gasteiger partial charge in [0.05, 0.1) is 30.3 Å². The average molecular weight is 700 g/mol. The first kappa shape index (κ1) is 33.5. The maximum absolute atomic E-state index is 17.0. The molecule has 2 bridgehead atoms. The number of hydrogen-bond acceptors (Lipinski definition) is 9. The summed E-state index contributed by atoms with van der Waals surface area (Å²) in [7, 11) is 0. The summed E-state index contributed by atoms with van der Waals surface area (Å²) in [6.45, 7) is 6.13. The zero-order valence-electron chi connectivity index (χ0n) is 28.5. The number of carbonyl (C=O) groups is 1. The zero-order valence-corrected chi connectivity index (χ0v) is 28.5. The molecule has 2 unspecified atom stereocenters. The van der Waals surface area contributed by atoms with Crippen LogP contribution >= 0.6 is 0 Å². The predicted molar refractivity (Wildman–Crippen MR) is 187 cm³/mol. The first-order valence-electron chi connectivity index (χ1n) is 17.8. The molecule has 0 amide bonds. The molecule has 51 heavy (non-hydrogen) atoms. The summed E-state index contributed by atoms with van der Waals surface area (Å²) in [5.41, 5.74) is -0.984. The van der Waals surface area contributed by atoms with E-state index in [0.717, 1.165) is 64.2 Å². The number of halogens is 3. The fourth-order valence-electron chi connectivity index (χ4n) is 8.25. The molecule has 3 saturated heterocycles. The molecule has 1 saturated carbocycles. The third-order valence-electron chi connectivity index (χ3n) is 11.1. The first-order valence-corrected chi connectivity index (χ1v) is 17.8. The number of anilines is 1. The summed E-state index contributed by atoms with van der Waals surface area (Å²) in [6.07, 6.45) is 11.1. The van der Waals surface area contributed by atoms with Crippen LogP contribution < -0.4 is 15.0 Å². The second kappa shape index (κ2) is 13.2. The Bertz CT molecular complexity index is 2060. The van der Waals surface area contributed by atoms with E-state index in [1.807, 2.05) is 11.8 Å². The molecule has 8 rings (SSSR count). The normalized spacial score (nSPS) is 21.6. The Hall–Kier alpha value is -4.60. The van der Waals surface area contributed by atoms with E-state index >= 15 is 8.78 Å². The van der Waals surface area contributed by atoms with E-state index in [0.29, 0.717) is 37.5 Å². The average Bonchev–Trinajstić information content (AvgIpc) is 3.80. The number of phenols is 1. The fourth-order valence-corrected chi connectivity index (χ4v) is 8.25. The summed E-state index contributed by atoms with van der Waals surface area (Å²) in [4.78, 5) is 26.0. The lowest BCUT2D eigenvalue weighted by Crippen LogP contribution is -2.51. The number of esters is 1. The highest BCUT2D eigenvalue weighted by Gasteiger charge is 2.46. The van der Waals surface area contributed by atoms with E-state index in [4.69, 9.17) is 20.9 Å². The number of phenolic OH excluding ortho intramolecular Hbond substituents is 1. The number of benzene rings is 3. The van der Waals surface area contributed by atoms with Gasteiger partial charge in [0.1, 0.15) is 28.7 Å². The van der Waals surface area contributed by atoms with Crippen LogP contribution in [0.2, 0.25) is 0 Å². The van der Waals surface area contributed by atoms with Crippen molar-refractivity contribution < 1.29 is 32.5 Å². The third kappa shape index (κ3) is 6.31. The number of hydrogen-bond donors (Lipinski definition) is 2. The van der Waals surface area contributed by atoms with Gasteiger partial charge in [0.25, 0.3) is 0 Å². The van der Waals surface area contributed by atoms with Crippen LogP contribution in [-0.4, -0.2) is 84.0 Å². The molecule has 4 fully saturated rings. The van der Waals surface area contributed by atoms with Crippen molar-refractivity contribution in [2.75, 3.05) is 50.8 Å². The summed E-state index contributed by atoms with van der Waals surface area (Å²) in [5.74, 6) is -0.371. The number of aromatic hydroxyl groups is 1. The van der Waals surface area contributed by atoms with Crippen LogP contribution in [0.25, 0.3) is 32.8 Å². The maximum atomic E-state index is 17.0. The Morgan fingerprint density at radius 3 is 2.49 bits per heavy atom. The highest BCUT2D eigenvalue weighted by atomic mass is 19.1. The molecule has 1 aliphatic carbocycles. The summed E-state index contributed by atoms with van der Waals surface area (Å²) >= 11 is 0. The van der Waals surface area contributed by atoms with Gasteiger partial charge >= 0.3 is 12.0 Å². The van der Waals surface area contributed by atoms with Gasteiger partial charge in [-0.1, -0.05) is 12.0 Å². The van der Waals surface area contributed by atoms with Crippen molar-refractivity contribution >= 4 is 33.5 Å². The Balaban J connectivity index is 1.15. The largest absolute Gasteiger partial charge is 0.508 e. The number of aromatic nitrogens is 2. The van der Waals surface area contributed by atoms with Crippen LogP contribution in [0.15, 0.2) is 30.3 Å². The van der Waals surface area contributed by atoms with E-state index < -0.39 is 23.0 Å². The predicted octanol–water partition coefficient (Wildman–Crippen LogP) is 5.93. The smallest absolute Gasteiger partial charge is 0.319 e. The number of piperidine rings is 1. The Morgan fingerprint density at radius 1 is 1.06 bits per heavy atom. The lowest BCUT2D eigenvalue weighted by atomic mass is 9.92. The van der Waals surface area contributed by atoms with Crippen LogP contribution in [0, 0.1) is 41.1 Å². The zero-order chi connectivity index (χ0) is 35.4. The van der Waals surface area contributed by atoms with Gasteiger partial charge in [-0.25, -0.2) is 13.2 Å². The van der Waals surface area contributed by atoms with Crippen molar-refractivity contribution in [1.29, 1.82) is 0 Å². The van der Waals surface area contributed by atoms with Gasteiger partial charge in [-0.15, -0.1) is 6.42 Å². The molecule has 4 aliphatic rings. The molecule has 3 aliphatic heterocycles. The molecule has 266 valence electrons. The number of likely N-dealkylation sites (tertiary alicyclic amines) is 1. The van der Waals surface area contributed by atoms with Crippen molar-refractivity contribution in [1.82, 2.24) is 20.2 Å². The second-order valence-corrected chi connectivity index (χ2v) is 14.6. The molecule has 0 radical (unpaired) electrons. The van der Waals surface area contributed by atoms with E-state index in [1.54, 1.807) is 0 Å². The van der Waals surface area contributed by atoms with Crippen LogP contribution in [0.5, 0.6) is 11.8 Å². The van der Waals surface area contributed by atoms with Crippen molar-refractivity contribution in [2.45, 2.75) is 57.5 Å². The van der Waals surface area contributed by atoms with Crippen LogP contribution in [0.3, 0.4) is 0 Å². The summed E-state index contributed by atoms with van der Waals surface area (Å²) in [5, 5.41) is 14.8. The molecular formula is C39H40F3N5O4. The maximum Gasteiger partial charge on any atom is 0.319 e. The van der Waals surface area contributed by atoms with Gasteiger partial charge in [-0.2, -0.15) is 9.97 Å². The lowest BCUT2D eigenvalue weighted by molar-refractivity contribution is -0.149. The van der Waals surface area contributed by atoms with Gasteiger partial charge < -0.3 is 29.7 Å². The van der Waals surface area contributed by atoms with Crippen LogP contribution in [-0.2, 0) is 9.53 Å². The van der Waals surface area contributed by atoms with Crippen molar-refractivity contribution in [2.24, 2.45) is 11.3 Å². The molecule has 2 atom stereocenters. The Labute approximate surface area is 294 Å².